The summed E-state index contributed by atoms with van der Waals surface area (Å²) in [7, 11) is 0. The first kappa shape index (κ1) is 44.0. The Labute approximate surface area is 453 Å². The number of nitrogens with zero attached hydrogens (tertiary/aromatic N) is 3. The molecule has 3 aromatic heterocycles. The van der Waals surface area contributed by atoms with Crippen LogP contribution in [0.2, 0.25) is 0 Å². The maximum Gasteiger partial charge on any atom is 0.0603 e. The number of thiophene rings is 1. The van der Waals surface area contributed by atoms with Crippen LogP contribution in [0.3, 0.4) is 0 Å². The summed E-state index contributed by atoms with van der Waals surface area (Å²) in [5, 5.41) is 7.50. The SMILES string of the molecule is c1ccc(-c2ccc3c(c2)c2cc(-c4ccccc4)ccc2n3-c2ccc3c(c2)Sc2cc(-n4c5ccc(-c6ccccc6)cc5c5cc(-c6ccccc6)ccc54)ccc2N3c2ccc3sc4ccccc4c3c2)cc1. The van der Waals surface area contributed by atoms with Crippen LogP contribution in [0, 0.1) is 0 Å². The van der Waals surface area contributed by atoms with Gasteiger partial charge in [-0.15, -0.1) is 11.3 Å². The van der Waals surface area contributed by atoms with Crippen molar-refractivity contribution < 1.29 is 0 Å². The Morgan fingerprint density at radius 1 is 0.234 bits per heavy atom. The van der Waals surface area contributed by atoms with Crippen molar-refractivity contribution in [3.8, 4) is 55.9 Å². The number of aromatic nitrogens is 2. The highest BCUT2D eigenvalue weighted by Gasteiger charge is 2.28. The number of benzene rings is 12. The van der Waals surface area contributed by atoms with Gasteiger partial charge in [0.2, 0.25) is 0 Å². The van der Waals surface area contributed by atoms with Crippen molar-refractivity contribution in [3.63, 3.8) is 0 Å². The number of rotatable bonds is 7. The highest BCUT2D eigenvalue weighted by Crippen LogP contribution is 2.54. The maximum atomic E-state index is 2.49. The predicted molar refractivity (Wildman–Crippen MR) is 329 cm³/mol. The molecule has 1 aliphatic rings. The molecule has 15 aromatic rings. The second-order valence-corrected chi connectivity index (χ2v) is 22.3. The summed E-state index contributed by atoms with van der Waals surface area (Å²) < 4.78 is 7.54. The lowest BCUT2D eigenvalue weighted by atomic mass is 10.0. The Kier molecular flexibility index (Phi) is 10.1. The predicted octanol–water partition coefficient (Wildman–Crippen LogP) is 20.9. The molecule has 0 atom stereocenters. The van der Waals surface area contributed by atoms with Gasteiger partial charge in [-0.2, -0.15) is 0 Å². The van der Waals surface area contributed by atoms with E-state index in [1.54, 1.807) is 0 Å². The van der Waals surface area contributed by atoms with E-state index in [9.17, 15) is 0 Å². The van der Waals surface area contributed by atoms with Crippen molar-refractivity contribution in [2.24, 2.45) is 0 Å². The van der Waals surface area contributed by atoms with E-state index in [-0.39, 0.29) is 0 Å². The molecule has 16 rings (SSSR count). The van der Waals surface area contributed by atoms with Crippen LogP contribution in [0.5, 0.6) is 0 Å². The van der Waals surface area contributed by atoms with Gasteiger partial charge in [-0.25, -0.2) is 0 Å². The number of fused-ring (bicyclic) bond motifs is 11. The van der Waals surface area contributed by atoms with Gasteiger partial charge in [0.1, 0.15) is 0 Å². The van der Waals surface area contributed by atoms with Gasteiger partial charge in [-0.1, -0.05) is 176 Å². The third-order valence-electron chi connectivity index (χ3n) is 15.7. The normalized spacial score (nSPS) is 12.3. The van der Waals surface area contributed by atoms with E-state index in [2.05, 4.69) is 287 Å². The summed E-state index contributed by atoms with van der Waals surface area (Å²) >= 11 is 3.73. The van der Waals surface area contributed by atoms with Gasteiger partial charge in [0.25, 0.3) is 0 Å². The molecule has 5 heteroatoms. The molecule has 0 unspecified atom stereocenters. The van der Waals surface area contributed by atoms with Crippen molar-refractivity contribution in [1.29, 1.82) is 0 Å². The van der Waals surface area contributed by atoms with Gasteiger partial charge in [0, 0.05) is 68.6 Å². The third-order valence-corrected chi connectivity index (χ3v) is 17.9. The molecule has 12 aromatic carbocycles. The van der Waals surface area contributed by atoms with Crippen LogP contribution in [0.15, 0.2) is 283 Å². The Bertz CT molecular complexity index is 4380. The zero-order valence-corrected chi connectivity index (χ0v) is 43.3. The fourth-order valence-corrected chi connectivity index (χ4v) is 14.3. The first-order chi connectivity index (χ1) is 38.1. The van der Waals surface area contributed by atoms with Gasteiger partial charge in [-0.3, -0.25) is 0 Å². The molecule has 360 valence electrons. The summed E-state index contributed by atoms with van der Waals surface area (Å²) in [4.78, 5) is 4.89. The molecule has 0 saturated heterocycles. The van der Waals surface area contributed by atoms with E-state index < -0.39 is 0 Å². The largest absolute Gasteiger partial charge is 0.309 e. The van der Waals surface area contributed by atoms with E-state index in [0.717, 1.165) is 28.4 Å². The average molecular weight is 1020 g/mol. The topological polar surface area (TPSA) is 13.1 Å². The molecule has 77 heavy (non-hydrogen) atoms. The van der Waals surface area contributed by atoms with Crippen molar-refractivity contribution in [2.45, 2.75) is 9.79 Å². The Morgan fingerprint density at radius 2 is 0.597 bits per heavy atom. The van der Waals surface area contributed by atoms with Gasteiger partial charge in [-0.05, 0) is 154 Å². The van der Waals surface area contributed by atoms with Crippen LogP contribution in [0.1, 0.15) is 0 Å². The number of anilines is 3. The molecule has 0 N–H and O–H groups in total. The third kappa shape index (κ3) is 7.19. The lowest BCUT2D eigenvalue weighted by molar-refractivity contribution is 1.11. The molecule has 0 bridgehead atoms. The molecule has 0 aliphatic carbocycles. The smallest absolute Gasteiger partial charge is 0.0603 e. The van der Waals surface area contributed by atoms with Gasteiger partial charge in [0.15, 0.2) is 0 Å². The summed E-state index contributed by atoms with van der Waals surface area (Å²) in [6.07, 6.45) is 0. The summed E-state index contributed by atoms with van der Waals surface area (Å²) in [6, 6.07) is 101. The van der Waals surface area contributed by atoms with Crippen LogP contribution in [-0.4, -0.2) is 9.13 Å². The fraction of sp³-hybridized carbons (Fsp3) is 0. The molecule has 0 saturated carbocycles. The minimum Gasteiger partial charge on any atom is -0.309 e. The van der Waals surface area contributed by atoms with Crippen LogP contribution >= 0.6 is 23.1 Å². The first-order valence-corrected chi connectivity index (χ1v) is 27.8. The van der Waals surface area contributed by atoms with E-state index >= 15 is 0 Å². The standard InChI is InChI=1S/C72H45N3S2/c1-5-15-46(16-6-1)50-25-32-63-58(39-50)59-40-51(47-17-7-2-8-18-47)26-33-64(59)73(63)55-29-36-67-71(44-55)77-72-45-56(30-37-68(72)75(67)54-31-38-70-62(43-54)57-23-13-14-24-69(57)76-70)74-65-34-27-52(48-19-9-3-10-20-48)41-60(65)61-42-53(28-35-66(61)74)49-21-11-4-12-22-49/h1-45H. The molecule has 0 radical (unpaired) electrons. The minimum atomic E-state index is 1.13. The number of hydrogen-bond acceptors (Lipinski definition) is 3. The Hall–Kier alpha value is -9.39. The zero-order valence-electron chi connectivity index (χ0n) is 41.6. The van der Waals surface area contributed by atoms with E-state index in [1.807, 2.05) is 23.1 Å². The highest BCUT2D eigenvalue weighted by molar-refractivity contribution is 7.99. The van der Waals surface area contributed by atoms with Gasteiger partial charge < -0.3 is 14.0 Å². The molecule has 0 fully saturated rings. The van der Waals surface area contributed by atoms with E-state index in [4.69, 9.17) is 0 Å². The molecular weight excluding hydrogens is 971 g/mol. The van der Waals surface area contributed by atoms with Crippen LogP contribution in [-0.2, 0) is 0 Å². The van der Waals surface area contributed by atoms with Crippen molar-refractivity contribution >= 4 is 104 Å². The van der Waals surface area contributed by atoms with E-state index in [0.29, 0.717) is 0 Å². The second-order valence-electron chi connectivity index (χ2n) is 20.1. The number of hydrogen-bond donors (Lipinski definition) is 0. The highest BCUT2D eigenvalue weighted by atomic mass is 32.2. The zero-order chi connectivity index (χ0) is 50.6. The maximum absolute atomic E-state index is 2.49. The molecule has 0 spiro atoms. The molecule has 0 amide bonds. The summed E-state index contributed by atoms with van der Waals surface area (Å²) in [5.74, 6) is 0. The van der Waals surface area contributed by atoms with Gasteiger partial charge in [0.05, 0.1) is 33.4 Å². The van der Waals surface area contributed by atoms with Crippen LogP contribution < -0.4 is 4.90 Å². The molecular formula is C72H45N3S2. The Morgan fingerprint density at radius 3 is 1.01 bits per heavy atom. The van der Waals surface area contributed by atoms with E-state index in [1.165, 1.54) is 118 Å². The lowest BCUT2D eigenvalue weighted by Crippen LogP contribution is -2.15. The summed E-state index contributed by atoms with van der Waals surface area (Å²) in [5.41, 5.74) is 20.1. The average Bonchev–Trinajstić information content (AvgIpc) is 4.17. The van der Waals surface area contributed by atoms with Crippen molar-refractivity contribution in [3.05, 3.63) is 273 Å². The van der Waals surface area contributed by atoms with Crippen LogP contribution in [0.25, 0.3) is 120 Å². The lowest BCUT2D eigenvalue weighted by Gasteiger charge is -2.33. The second kappa shape index (κ2) is 17.6. The van der Waals surface area contributed by atoms with Crippen LogP contribution in [0.4, 0.5) is 17.1 Å². The van der Waals surface area contributed by atoms with Crippen molar-refractivity contribution in [1.82, 2.24) is 9.13 Å². The first-order valence-electron chi connectivity index (χ1n) is 26.2. The fourth-order valence-electron chi connectivity index (χ4n) is 12.0. The minimum absolute atomic E-state index is 1.13. The monoisotopic (exact) mass is 1020 g/mol. The van der Waals surface area contributed by atoms with Gasteiger partial charge >= 0.3 is 0 Å². The van der Waals surface area contributed by atoms with Crippen molar-refractivity contribution in [2.75, 3.05) is 4.90 Å². The quantitative estimate of drug-likeness (QED) is 0.158. The Balaban J connectivity index is 0.896. The molecule has 4 heterocycles. The summed E-state index contributed by atoms with van der Waals surface area (Å²) in [6.45, 7) is 0. The molecule has 1 aliphatic heterocycles. The molecule has 3 nitrogen and oxygen atoms in total.